The highest BCUT2D eigenvalue weighted by molar-refractivity contribution is 6.38. The molecule has 0 fully saturated rings. The number of aliphatic imine (C=N–C) groups is 1. The van der Waals surface area contributed by atoms with Gasteiger partial charge in [-0.15, -0.1) is 6.42 Å². The summed E-state index contributed by atoms with van der Waals surface area (Å²) in [7, 11) is 0. The van der Waals surface area contributed by atoms with E-state index in [9.17, 15) is 18.0 Å². The Hall–Kier alpha value is -3.27. The van der Waals surface area contributed by atoms with Gasteiger partial charge < -0.3 is 0 Å². The molecule has 2 aromatic rings. The fourth-order valence-corrected chi connectivity index (χ4v) is 1.95. The molecule has 2 rings (SSSR count). The Balaban J connectivity index is 2.26. The molecule has 2 N–H and O–H groups in total. The zero-order chi connectivity index (χ0) is 18.4. The lowest BCUT2D eigenvalue weighted by atomic mass is 10.2. The quantitative estimate of drug-likeness (QED) is 0.382. The fourth-order valence-electron chi connectivity index (χ4n) is 1.95. The molecule has 4 nitrogen and oxygen atoms in total. The molecule has 0 saturated carbocycles. The third kappa shape index (κ3) is 4.85. The van der Waals surface area contributed by atoms with Crippen LogP contribution in [0.4, 0.5) is 24.5 Å². The van der Waals surface area contributed by atoms with E-state index in [0.29, 0.717) is 11.3 Å². The fraction of sp³-hybridized carbons (Fsp3) is 0.111. The first-order valence-electron chi connectivity index (χ1n) is 7.16. The van der Waals surface area contributed by atoms with Gasteiger partial charge in [0.1, 0.15) is 0 Å². The van der Waals surface area contributed by atoms with Crippen molar-refractivity contribution in [3.63, 3.8) is 0 Å². The number of carbonyl (C=O) groups excluding carboxylic acids is 1. The summed E-state index contributed by atoms with van der Waals surface area (Å²) in [6.45, 7) is 1.24. The minimum Gasteiger partial charge on any atom is -0.299 e. The van der Waals surface area contributed by atoms with Crippen LogP contribution in [0.3, 0.4) is 0 Å². The Kier molecular flexibility index (Phi) is 5.45. The number of benzene rings is 2. The number of hydrogen-bond acceptors (Lipinski definition) is 3. The van der Waals surface area contributed by atoms with Gasteiger partial charge in [-0.2, -0.15) is 13.2 Å². The second kappa shape index (κ2) is 7.53. The third-order valence-electron chi connectivity index (χ3n) is 3.14. The van der Waals surface area contributed by atoms with Gasteiger partial charge in [-0.05, 0) is 30.3 Å². The molecule has 0 bridgehead atoms. The van der Waals surface area contributed by atoms with Gasteiger partial charge in [0.15, 0.2) is 11.6 Å². The molecule has 0 spiro atoms. The minimum atomic E-state index is -4.53. The van der Waals surface area contributed by atoms with Gasteiger partial charge in [-0.1, -0.05) is 24.1 Å². The van der Waals surface area contributed by atoms with Crippen molar-refractivity contribution in [3.8, 4) is 12.3 Å². The summed E-state index contributed by atoms with van der Waals surface area (Å²) >= 11 is 0. The number of ketones is 1. The predicted molar refractivity (Wildman–Crippen MR) is 90.4 cm³/mol. The number of carbonyl (C=O) groups is 1. The summed E-state index contributed by atoms with van der Waals surface area (Å²) in [5, 5.41) is 0. The first-order chi connectivity index (χ1) is 11.8. The highest BCUT2D eigenvalue weighted by atomic mass is 19.4. The van der Waals surface area contributed by atoms with Crippen molar-refractivity contribution in [2.75, 3.05) is 5.43 Å². The van der Waals surface area contributed by atoms with Crippen LogP contribution in [0.15, 0.2) is 53.5 Å². The number of para-hydroxylation sites is 1. The molecule has 0 saturated heterocycles. The van der Waals surface area contributed by atoms with Crippen LogP contribution in [0.1, 0.15) is 18.1 Å². The average molecular weight is 345 g/mol. The molecule has 0 heterocycles. The molecule has 7 heteroatoms. The van der Waals surface area contributed by atoms with Gasteiger partial charge in [0.2, 0.25) is 0 Å². The Morgan fingerprint density at radius 1 is 1.16 bits per heavy atom. The van der Waals surface area contributed by atoms with Crippen LogP contribution >= 0.6 is 0 Å². The highest BCUT2D eigenvalue weighted by Crippen LogP contribution is 2.34. The topological polar surface area (TPSA) is 53.5 Å². The maximum Gasteiger partial charge on any atom is 0.418 e. The Morgan fingerprint density at radius 3 is 2.52 bits per heavy atom. The van der Waals surface area contributed by atoms with Crippen LogP contribution in [0.25, 0.3) is 0 Å². The van der Waals surface area contributed by atoms with Crippen molar-refractivity contribution >= 4 is 23.0 Å². The second-order valence-corrected chi connectivity index (χ2v) is 5.00. The molecular formula is C18H14F3N3O. The molecule has 0 radical (unpaired) electrons. The lowest BCUT2D eigenvalue weighted by molar-refractivity contribution is -0.137. The van der Waals surface area contributed by atoms with E-state index in [-0.39, 0.29) is 11.5 Å². The van der Waals surface area contributed by atoms with Crippen molar-refractivity contribution in [1.82, 2.24) is 5.43 Å². The van der Waals surface area contributed by atoms with E-state index < -0.39 is 17.5 Å². The number of alkyl halides is 3. The van der Waals surface area contributed by atoms with Crippen molar-refractivity contribution in [3.05, 3.63) is 59.7 Å². The summed E-state index contributed by atoms with van der Waals surface area (Å²) in [6.07, 6.45) is 0.774. The third-order valence-corrected chi connectivity index (χ3v) is 3.14. The Bertz CT molecular complexity index is 851. The second-order valence-electron chi connectivity index (χ2n) is 5.00. The summed E-state index contributed by atoms with van der Waals surface area (Å²) in [5.41, 5.74) is 4.71. The van der Waals surface area contributed by atoms with Gasteiger partial charge >= 0.3 is 6.18 Å². The van der Waals surface area contributed by atoms with E-state index in [1.165, 1.54) is 25.1 Å². The highest BCUT2D eigenvalue weighted by Gasteiger charge is 2.33. The maximum absolute atomic E-state index is 13.0. The molecule has 0 aliphatic carbocycles. The van der Waals surface area contributed by atoms with Gasteiger partial charge in [-0.3, -0.25) is 15.6 Å². The number of terminal acetylenes is 1. The standard InChI is InChI=1S/C18H14F3N3O/c1-3-13-7-6-8-14(11-13)22-17(12(2)25)24-23-16-10-5-4-9-15(16)18(19,20)21/h1,4-11,23H,2H3,(H,22,24). The molecule has 0 aliphatic rings. The largest absolute Gasteiger partial charge is 0.418 e. The van der Waals surface area contributed by atoms with E-state index in [1.54, 1.807) is 24.3 Å². The molecule has 25 heavy (non-hydrogen) atoms. The molecular weight excluding hydrogens is 331 g/mol. The van der Waals surface area contributed by atoms with Gasteiger partial charge in [0.25, 0.3) is 0 Å². The number of anilines is 1. The van der Waals surface area contributed by atoms with Crippen LogP contribution in [0.2, 0.25) is 0 Å². The lowest BCUT2D eigenvalue weighted by Crippen LogP contribution is -2.35. The average Bonchev–Trinajstić information content (AvgIpc) is 2.58. The SMILES string of the molecule is C#Cc1cccc(N=C(NNc2ccccc2C(F)(F)F)C(C)=O)c1. The number of rotatable bonds is 4. The molecule has 0 unspecified atom stereocenters. The number of halogens is 3. The number of nitrogens with one attached hydrogen (secondary N) is 2. The van der Waals surface area contributed by atoms with Crippen LogP contribution in [-0.2, 0) is 11.0 Å². The number of hydrogen-bond donors (Lipinski definition) is 2. The number of amidine groups is 1. The summed E-state index contributed by atoms with van der Waals surface area (Å²) < 4.78 is 38.9. The van der Waals surface area contributed by atoms with E-state index >= 15 is 0 Å². The van der Waals surface area contributed by atoms with Crippen LogP contribution in [0, 0.1) is 12.3 Å². The zero-order valence-corrected chi connectivity index (χ0v) is 13.2. The van der Waals surface area contributed by atoms with Crippen LogP contribution in [-0.4, -0.2) is 11.6 Å². The molecule has 0 aromatic heterocycles. The zero-order valence-electron chi connectivity index (χ0n) is 13.2. The normalized spacial score (nSPS) is 11.6. The molecule has 0 amide bonds. The molecule has 0 atom stereocenters. The van der Waals surface area contributed by atoms with Gasteiger partial charge in [0.05, 0.1) is 16.9 Å². The van der Waals surface area contributed by atoms with Crippen molar-refractivity contribution < 1.29 is 18.0 Å². The van der Waals surface area contributed by atoms with Gasteiger partial charge in [-0.25, -0.2) is 4.99 Å². The Labute approximate surface area is 142 Å². The lowest BCUT2D eigenvalue weighted by Gasteiger charge is -2.15. The minimum absolute atomic E-state index is 0.147. The van der Waals surface area contributed by atoms with Crippen LogP contribution < -0.4 is 10.9 Å². The first kappa shape index (κ1) is 18.1. The monoisotopic (exact) mass is 345 g/mol. The van der Waals surface area contributed by atoms with Crippen molar-refractivity contribution in [2.24, 2.45) is 4.99 Å². The van der Waals surface area contributed by atoms with E-state index in [1.807, 2.05) is 0 Å². The molecule has 2 aromatic carbocycles. The van der Waals surface area contributed by atoms with E-state index in [2.05, 4.69) is 21.8 Å². The number of hydrazine groups is 1. The van der Waals surface area contributed by atoms with Crippen LogP contribution in [0.5, 0.6) is 0 Å². The molecule has 128 valence electrons. The Morgan fingerprint density at radius 2 is 1.88 bits per heavy atom. The maximum atomic E-state index is 13.0. The van der Waals surface area contributed by atoms with E-state index in [0.717, 1.165) is 6.07 Å². The van der Waals surface area contributed by atoms with Crippen molar-refractivity contribution in [1.29, 1.82) is 0 Å². The smallest absolute Gasteiger partial charge is 0.299 e. The predicted octanol–water partition coefficient (Wildman–Crippen LogP) is 3.92. The number of Topliss-reactive ketones (excluding diaryl/α,β-unsaturated/α-hetero) is 1. The van der Waals surface area contributed by atoms with Gasteiger partial charge in [0, 0.05) is 12.5 Å². The first-order valence-corrected chi connectivity index (χ1v) is 7.16. The van der Waals surface area contributed by atoms with E-state index in [4.69, 9.17) is 6.42 Å². The summed E-state index contributed by atoms with van der Waals surface area (Å²) in [5.74, 6) is 1.83. The summed E-state index contributed by atoms with van der Waals surface area (Å²) in [4.78, 5) is 15.8. The number of nitrogens with zero attached hydrogens (tertiary/aromatic N) is 1. The molecule has 0 aliphatic heterocycles. The summed E-state index contributed by atoms with van der Waals surface area (Å²) in [6, 6.07) is 11.5. The van der Waals surface area contributed by atoms with Crippen molar-refractivity contribution in [2.45, 2.75) is 13.1 Å².